The highest BCUT2D eigenvalue weighted by Crippen LogP contribution is 2.31. The van der Waals surface area contributed by atoms with Crippen molar-refractivity contribution in [2.45, 2.75) is 38.8 Å². The van der Waals surface area contributed by atoms with Gasteiger partial charge in [0.25, 0.3) is 5.56 Å². The van der Waals surface area contributed by atoms with E-state index in [0.29, 0.717) is 29.8 Å². The predicted octanol–water partition coefficient (Wildman–Crippen LogP) is 6.58. The van der Waals surface area contributed by atoms with Crippen molar-refractivity contribution >= 4 is 16.8 Å². The second-order valence-corrected chi connectivity index (χ2v) is 9.83. The van der Waals surface area contributed by atoms with Crippen molar-refractivity contribution in [2.24, 2.45) is 0 Å². The molecule has 0 radical (unpaired) electrons. The lowest BCUT2D eigenvalue weighted by Crippen LogP contribution is -2.41. The van der Waals surface area contributed by atoms with E-state index in [9.17, 15) is 9.59 Å². The van der Waals surface area contributed by atoms with Crippen molar-refractivity contribution in [2.75, 3.05) is 6.54 Å². The molecule has 39 heavy (non-hydrogen) atoms. The summed E-state index contributed by atoms with van der Waals surface area (Å²) in [5, 5.41) is 0.573. The third-order valence-corrected chi connectivity index (χ3v) is 7.18. The summed E-state index contributed by atoms with van der Waals surface area (Å²) in [6.07, 6.45) is 0.781. The molecule has 4 aromatic carbocycles. The second kappa shape index (κ2) is 11.9. The Balaban J connectivity index is 1.63. The van der Waals surface area contributed by atoms with Crippen LogP contribution >= 0.6 is 0 Å². The predicted molar refractivity (Wildman–Crippen MR) is 157 cm³/mol. The fourth-order valence-electron chi connectivity index (χ4n) is 5.23. The van der Waals surface area contributed by atoms with Gasteiger partial charge >= 0.3 is 0 Å². The van der Waals surface area contributed by atoms with Gasteiger partial charge < -0.3 is 4.90 Å². The molecule has 0 spiro atoms. The minimum absolute atomic E-state index is 0.00424. The molecule has 5 aromatic rings. The Labute approximate surface area is 229 Å². The van der Waals surface area contributed by atoms with Gasteiger partial charge in [0, 0.05) is 6.54 Å². The molecular formula is C34H33N3O2. The number of aromatic nitrogens is 2. The summed E-state index contributed by atoms with van der Waals surface area (Å²) < 4.78 is 1.73. The minimum atomic E-state index is -0.462. The molecule has 0 N–H and O–H groups in total. The summed E-state index contributed by atoms with van der Waals surface area (Å²) in [6, 6.07) is 36.7. The summed E-state index contributed by atoms with van der Waals surface area (Å²) in [5.74, 6) is 0.121. The SMILES string of the molecule is CCCN(C(=O)C(c1ccccc1)c1ccccc1)C(C)c1nc2ccccc2c(=O)n1Cc1ccccc1. The number of amides is 1. The van der Waals surface area contributed by atoms with Gasteiger partial charge in [-0.05, 0) is 42.2 Å². The Hall–Kier alpha value is -4.51. The summed E-state index contributed by atoms with van der Waals surface area (Å²) in [7, 11) is 0. The van der Waals surface area contributed by atoms with Gasteiger partial charge in [-0.1, -0.05) is 110 Å². The molecule has 0 aliphatic rings. The lowest BCUT2D eigenvalue weighted by atomic mass is 9.89. The molecule has 1 heterocycles. The lowest BCUT2D eigenvalue weighted by Gasteiger charge is -2.33. The van der Waals surface area contributed by atoms with E-state index in [-0.39, 0.29) is 11.5 Å². The summed E-state index contributed by atoms with van der Waals surface area (Å²) in [5.41, 5.74) is 3.42. The minimum Gasteiger partial charge on any atom is -0.332 e. The molecule has 1 aromatic heterocycles. The monoisotopic (exact) mass is 515 g/mol. The second-order valence-electron chi connectivity index (χ2n) is 9.83. The highest BCUT2D eigenvalue weighted by Gasteiger charge is 2.32. The maximum absolute atomic E-state index is 14.5. The average molecular weight is 516 g/mol. The van der Waals surface area contributed by atoms with Crippen LogP contribution < -0.4 is 5.56 Å². The fourth-order valence-corrected chi connectivity index (χ4v) is 5.23. The first-order chi connectivity index (χ1) is 19.1. The van der Waals surface area contributed by atoms with Crippen molar-refractivity contribution in [3.8, 4) is 0 Å². The topological polar surface area (TPSA) is 55.2 Å². The third-order valence-electron chi connectivity index (χ3n) is 7.18. The van der Waals surface area contributed by atoms with Gasteiger partial charge in [0.1, 0.15) is 5.82 Å². The van der Waals surface area contributed by atoms with Crippen LogP contribution in [0, 0.1) is 0 Å². The Morgan fingerprint density at radius 3 is 1.92 bits per heavy atom. The van der Waals surface area contributed by atoms with Crippen LogP contribution in [0.3, 0.4) is 0 Å². The number of carbonyl (C=O) groups is 1. The zero-order chi connectivity index (χ0) is 27.2. The lowest BCUT2D eigenvalue weighted by molar-refractivity contribution is -0.134. The van der Waals surface area contributed by atoms with Crippen molar-refractivity contribution in [1.29, 1.82) is 0 Å². The van der Waals surface area contributed by atoms with Crippen molar-refractivity contribution in [3.05, 3.63) is 148 Å². The number of carbonyl (C=O) groups excluding carboxylic acids is 1. The van der Waals surface area contributed by atoms with E-state index in [1.165, 1.54) is 0 Å². The van der Waals surface area contributed by atoms with Gasteiger partial charge in [-0.2, -0.15) is 0 Å². The first kappa shape index (κ1) is 26.1. The Morgan fingerprint density at radius 1 is 0.795 bits per heavy atom. The normalized spacial score (nSPS) is 12.0. The molecule has 0 saturated carbocycles. The molecule has 0 aliphatic carbocycles. The quantitative estimate of drug-likeness (QED) is 0.223. The molecule has 1 amide bonds. The highest BCUT2D eigenvalue weighted by molar-refractivity contribution is 5.87. The number of hydrogen-bond donors (Lipinski definition) is 0. The Bertz CT molecular complexity index is 1560. The van der Waals surface area contributed by atoms with Crippen LogP contribution in [0.1, 0.15) is 54.7 Å². The summed E-state index contributed by atoms with van der Waals surface area (Å²) in [6.45, 7) is 4.98. The molecule has 196 valence electrons. The number of nitrogens with zero attached hydrogens (tertiary/aromatic N) is 3. The Kier molecular flexibility index (Phi) is 7.97. The first-order valence-electron chi connectivity index (χ1n) is 13.5. The van der Waals surface area contributed by atoms with E-state index in [0.717, 1.165) is 23.1 Å². The molecule has 0 aliphatic heterocycles. The molecule has 0 bridgehead atoms. The van der Waals surface area contributed by atoms with Crippen LogP contribution in [0.4, 0.5) is 0 Å². The number of rotatable bonds is 9. The summed E-state index contributed by atoms with van der Waals surface area (Å²) in [4.78, 5) is 35.2. The van der Waals surface area contributed by atoms with E-state index >= 15 is 0 Å². The van der Waals surface area contributed by atoms with E-state index in [2.05, 4.69) is 6.92 Å². The van der Waals surface area contributed by atoms with Crippen LogP contribution in [0.5, 0.6) is 0 Å². The standard InChI is InChI=1S/C34H33N3O2/c1-3-23-36(34(39)31(27-17-9-5-10-18-27)28-19-11-6-12-20-28)25(2)32-35-30-22-14-13-21-29(30)33(38)37(32)24-26-15-7-4-8-16-26/h4-22,25,31H,3,23-24H2,1-2H3. The average Bonchev–Trinajstić information content (AvgIpc) is 2.98. The zero-order valence-electron chi connectivity index (χ0n) is 22.4. The van der Waals surface area contributed by atoms with Gasteiger partial charge in [0.2, 0.25) is 5.91 Å². The molecule has 0 saturated heterocycles. The van der Waals surface area contributed by atoms with Crippen molar-refractivity contribution in [1.82, 2.24) is 14.5 Å². The highest BCUT2D eigenvalue weighted by atomic mass is 16.2. The fraction of sp³-hybridized carbons (Fsp3) is 0.206. The summed E-state index contributed by atoms with van der Waals surface area (Å²) >= 11 is 0. The van der Waals surface area contributed by atoms with Crippen LogP contribution in [0.2, 0.25) is 0 Å². The molecule has 5 rings (SSSR count). The van der Waals surface area contributed by atoms with Gasteiger partial charge in [0.15, 0.2) is 0 Å². The third kappa shape index (κ3) is 5.53. The van der Waals surface area contributed by atoms with Gasteiger partial charge in [-0.25, -0.2) is 4.98 Å². The van der Waals surface area contributed by atoms with Crippen LogP contribution in [-0.4, -0.2) is 26.9 Å². The van der Waals surface area contributed by atoms with Crippen LogP contribution in [0.25, 0.3) is 10.9 Å². The van der Waals surface area contributed by atoms with Crippen molar-refractivity contribution < 1.29 is 4.79 Å². The number of fused-ring (bicyclic) bond motifs is 1. The number of benzene rings is 4. The zero-order valence-corrected chi connectivity index (χ0v) is 22.4. The Morgan fingerprint density at radius 2 is 1.33 bits per heavy atom. The molecule has 5 heteroatoms. The van der Waals surface area contributed by atoms with E-state index in [1.807, 2.05) is 127 Å². The van der Waals surface area contributed by atoms with Gasteiger partial charge in [-0.3, -0.25) is 14.2 Å². The largest absolute Gasteiger partial charge is 0.332 e. The molecular weight excluding hydrogens is 482 g/mol. The van der Waals surface area contributed by atoms with E-state index in [1.54, 1.807) is 4.57 Å². The molecule has 5 nitrogen and oxygen atoms in total. The van der Waals surface area contributed by atoms with Gasteiger partial charge in [-0.15, -0.1) is 0 Å². The molecule has 1 unspecified atom stereocenters. The van der Waals surface area contributed by atoms with E-state index in [4.69, 9.17) is 4.98 Å². The number of para-hydroxylation sites is 1. The first-order valence-corrected chi connectivity index (χ1v) is 13.5. The smallest absolute Gasteiger partial charge is 0.261 e. The molecule has 1 atom stereocenters. The van der Waals surface area contributed by atoms with Crippen LogP contribution in [0.15, 0.2) is 120 Å². The molecule has 0 fully saturated rings. The maximum Gasteiger partial charge on any atom is 0.261 e. The van der Waals surface area contributed by atoms with E-state index < -0.39 is 12.0 Å². The van der Waals surface area contributed by atoms with Gasteiger partial charge in [0.05, 0.1) is 29.4 Å². The number of hydrogen-bond acceptors (Lipinski definition) is 3. The van der Waals surface area contributed by atoms with Crippen molar-refractivity contribution in [3.63, 3.8) is 0 Å². The maximum atomic E-state index is 14.5. The van der Waals surface area contributed by atoms with Crippen LogP contribution in [-0.2, 0) is 11.3 Å².